The normalized spacial score (nSPS) is 10.2. The van der Waals surface area contributed by atoms with Gasteiger partial charge in [-0.1, -0.05) is 36.4 Å². The highest BCUT2D eigenvalue weighted by atomic mass is 16.5. The molecule has 3 aromatic carbocycles. The van der Waals surface area contributed by atoms with Gasteiger partial charge in [0.1, 0.15) is 11.5 Å². The summed E-state index contributed by atoms with van der Waals surface area (Å²) in [4.78, 5) is 4.87. The predicted octanol–water partition coefficient (Wildman–Crippen LogP) is 5.52. The molecule has 0 aromatic heterocycles. The maximum Gasteiger partial charge on any atom is 0.118 e. The minimum atomic E-state index is 0.719. The van der Waals surface area contributed by atoms with E-state index in [1.807, 2.05) is 60.7 Å². The zero-order chi connectivity index (χ0) is 19.2. The standard InChI is InChI=1S/C24H23NO2/c1-17-5-7-19(8-6-17)18(2)25-24(20-9-13-22(26-3)14-10-20)21-11-15-23(27-4)16-12-21/h5-16H,2H2,1,3-4H3. The van der Waals surface area contributed by atoms with Gasteiger partial charge in [0.25, 0.3) is 0 Å². The van der Waals surface area contributed by atoms with Crippen molar-refractivity contribution >= 4 is 11.4 Å². The molecule has 0 fully saturated rings. The van der Waals surface area contributed by atoms with Crippen LogP contribution in [0.4, 0.5) is 0 Å². The van der Waals surface area contributed by atoms with Crippen LogP contribution in [0.25, 0.3) is 5.70 Å². The summed E-state index contributed by atoms with van der Waals surface area (Å²) < 4.78 is 10.5. The van der Waals surface area contributed by atoms with E-state index in [1.165, 1.54) is 5.56 Å². The Balaban J connectivity index is 2.04. The van der Waals surface area contributed by atoms with E-state index in [9.17, 15) is 0 Å². The number of nitrogens with zero attached hydrogens (tertiary/aromatic N) is 1. The number of aliphatic imine (C=N–C) groups is 1. The fraction of sp³-hybridized carbons (Fsp3) is 0.125. The van der Waals surface area contributed by atoms with Gasteiger partial charge in [-0.3, -0.25) is 0 Å². The second-order valence-electron chi connectivity index (χ2n) is 6.23. The molecule has 0 saturated carbocycles. The molecule has 0 saturated heterocycles. The second-order valence-corrected chi connectivity index (χ2v) is 6.23. The van der Waals surface area contributed by atoms with Crippen LogP contribution in [0.1, 0.15) is 22.3 Å². The molecule has 0 bridgehead atoms. The van der Waals surface area contributed by atoms with Crippen LogP contribution in [0.2, 0.25) is 0 Å². The van der Waals surface area contributed by atoms with Gasteiger partial charge in [0.2, 0.25) is 0 Å². The van der Waals surface area contributed by atoms with E-state index in [2.05, 4.69) is 25.6 Å². The molecule has 3 heteroatoms. The first-order chi connectivity index (χ1) is 13.1. The van der Waals surface area contributed by atoms with Crippen molar-refractivity contribution in [2.24, 2.45) is 4.99 Å². The molecule has 0 heterocycles. The molecule has 27 heavy (non-hydrogen) atoms. The average molecular weight is 357 g/mol. The lowest BCUT2D eigenvalue weighted by Gasteiger charge is -2.11. The lowest BCUT2D eigenvalue weighted by molar-refractivity contribution is 0.414. The van der Waals surface area contributed by atoms with Gasteiger partial charge in [0.15, 0.2) is 0 Å². The van der Waals surface area contributed by atoms with Crippen LogP contribution < -0.4 is 9.47 Å². The summed E-state index contributed by atoms with van der Waals surface area (Å²) in [7, 11) is 3.32. The molecule has 136 valence electrons. The number of benzene rings is 3. The van der Waals surface area contributed by atoms with E-state index < -0.39 is 0 Å². The summed E-state index contributed by atoms with van der Waals surface area (Å²) in [5.74, 6) is 1.62. The summed E-state index contributed by atoms with van der Waals surface area (Å²) in [5, 5.41) is 0. The smallest absolute Gasteiger partial charge is 0.118 e. The molecular weight excluding hydrogens is 334 g/mol. The van der Waals surface area contributed by atoms with Crippen LogP contribution in [0, 0.1) is 6.92 Å². The highest BCUT2D eigenvalue weighted by molar-refractivity contribution is 6.14. The first kappa shape index (κ1) is 18.5. The number of hydrogen-bond acceptors (Lipinski definition) is 3. The van der Waals surface area contributed by atoms with Crippen LogP contribution in [0.15, 0.2) is 84.4 Å². The van der Waals surface area contributed by atoms with Crippen LogP contribution in [0.5, 0.6) is 11.5 Å². The van der Waals surface area contributed by atoms with Gasteiger partial charge in [0.05, 0.1) is 25.6 Å². The highest BCUT2D eigenvalue weighted by Gasteiger charge is 2.10. The fourth-order valence-corrected chi connectivity index (χ4v) is 2.74. The van der Waals surface area contributed by atoms with Crippen molar-refractivity contribution in [2.75, 3.05) is 14.2 Å². The third-order valence-electron chi connectivity index (χ3n) is 4.36. The molecular formula is C24H23NO2. The predicted molar refractivity (Wildman–Crippen MR) is 112 cm³/mol. The Kier molecular flexibility index (Phi) is 5.72. The fourth-order valence-electron chi connectivity index (χ4n) is 2.74. The van der Waals surface area contributed by atoms with E-state index >= 15 is 0 Å². The van der Waals surface area contributed by atoms with Gasteiger partial charge in [-0.05, 0) is 61.0 Å². The SMILES string of the molecule is C=C(N=C(c1ccc(OC)cc1)c1ccc(OC)cc1)c1ccc(C)cc1. The molecule has 0 atom stereocenters. The first-order valence-corrected chi connectivity index (χ1v) is 8.74. The Morgan fingerprint density at radius 2 is 1.07 bits per heavy atom. The van der Waals surface area contributed by atoms with Crippen LogP contribution in [-0.2, 0) is 0 Å². The monoisotopic (exact) mass is 357 g/mol. The Hall–Kier alpha value is -3.33. The highest BCUT2D eigenvalue weighted by Crippen LogP contribution is 2.22. The van der Waals surface area contributed by atoms with Crippen molar-refractivity contribution in [1.29, 1.82) is 0 Å². The summed E-state index contributed by atoms with van der Waals surface area (Å²) in [6.07, 6.45) is 0. The Morgan fingerprint density at radius 3 is 1.48 bits per heavy atom. The van der Waals surface area contributed by atoms with E-state index in [1.54, 1.807) is 14.2 Å². The second kappa shape index (κ2) is 8.37. The zero-order valence-corrected chi connectivity index (χ0v) is 15.9. The van der Waals surface area contributed by atoms with Gasteiger partial charge in [0, 0.05) is 11.1 Å². The largest absolute Gasteiger partial charge is 0.497 e. The Labute approximate surface area is 160 Å². The van der Waals surface area contributed by atoms with Gasteiger partial charge in [-0.2, -0.15) is 0 Å². The Morgan fingerprint density at radius 1 is 0.667 bits per heavy atom. The van der Waals surface area contributed by atoms with Crippen molar-refractivity contribution in [1.82, 2.24) is 0 Å². The van der Waals surface area contributed by atoms with E-state index in [4.69, 9.17) is 14.5 Å². The number of rotatable bonds is 6. The molecule has 3 nitrogen and oxygen atoms in total. The molecule has 0 spiro atoms. The maximum absolute atomic E-state index is 5.27. The first-order valence-electron chi connectivity index (χ1n) is 8.74. The molecule has 3 aromatic rings. The molecule has 0 unspecified atom stereocenters. The van der Waals surface area contributed by atoms with Gasteiger partial charge in [-0.25, -0.2) is 4.99 Å². The Bertz CT molecular complexity index is 888. The van der Waals surface area contributed by atoms with E-state index in [0.717, 1.165) is 39.6 Å². The van der Waals surface area contributed by atoms with Crippen molar-refractivity contribution in [3.8, 4) is 11.5 Å². The number of methoxy groups -OCH3 is 2. The quantitative estimate of drug-likeness (QED) is 0.544. The minimum Gasteiger partial charge on any atom is -0.497 e. The molecule has 0 N–H and O–H groups in total. The summed E-state index contributed by atoms with van der Waals surface area (Å²) in [6, 6.07) is 24.0. The van der Waals surface area contributed by atoms with Crippen molar-refractivity contribution in [3.63, 3.8) is 0 Å². The lowest BCUT2D eigenvalue weighted by atomic mass is 10.0. The molecule has 0 aliphatic rings. The molecule has 0 aliphatic heterocycles. The van der Waals surface area contributed by atoms with Crippen LogP contribution >= 0.6 is 0 Å². The zero-order valence-electron chi connectivity index (χ0n) is 15.9. The third-order valence-corrected chi connectivity index (χ3v) is 4.36. The van der Waals surface area contributed by atoms with E-state index in [0.29, 0.717) is 0 Å². The summed E-state index contributed by atoms with van der Waals surface area (Å²) in [5.41, 5.74) is 5.77. The minimum absolute atomic E-state index is 0.719. The van der Waals surface area contributed by atoms with Gasteiger partial charge in [-0.15, -0.1) is 0 Å². The summed E-state index contributed by atoms with van der Waals surface area (Å²) in [6.45, 7) is 6.24. The molecule has 0 aliphatic carbocycles. The molecule has 0 radical (unpaired) electrons. The van der Waals surface area contributed by atoms with E-state index in [-0.39, 0.29) is 0 Å². The number of ether oxygens (including phenoxy) is 2. The molecule has 0 amide bonds. The van der Waals surface area contributed by atoms with Crippen LogP contribution in [-0.4, -0.2) is 19.9 Å². The maximum atomic E-state index is 5.27. The molecule has 3 rings (SSSR count). The lowest BCUT2D eigenvalue weighted by Crippen LogP contribution is -2.04. The van der Waals surface area contributed by atoms with Gasteiger partial charge < -0.3 is 9.47 Å². The van der Waals surface area contributed by atoms with Crippen molar-refractivity contribution < 1.29 is 9.47 Å². The number of aryl methyl sites for hydroxylation is 1. The van der Waals surface area contributed by atoms with Crippen molar-refractivity contribution in [2.45, 2.75) is 6.92 Å². The third kappa shape index (κ3) is 4.45. The topological polar surface area (TPSA) is 30.8 Å². The average Bonchev–Trinajstić information content (AvgIpc) is 2.72. The van der Waals surface area contributed by atoms with Crippen LogP contribution in [0.3, 0.4) is 0 Å². The van der Waals surface area contributed by atoms with Crippen molar-refractivity contribution in [3.05, 3.63) is 102 Å². The van der Waals surface area contributed by atoms with Gasteiger partial charge >= 0.3 is 0 Å². The number of hydrogen-bond donors (Lipinski definition) is 0. The summed E-state index contributed by atoms with van der Waals surface area (Å²) >= 11 is 0.